The zero-order valence-corrected chi connectivity index (χ0v) is 10.7. The van der Waals surface area contributed by atoms with E-state index in [2.05, 4.69) is 4.98 Å². The molecule has 0 aliphatic rings. The Morgan fingerprint density at radius 2 is 2.12 bits per heavy atom. The fourth-order valence-electron chi connectivity index (χ4n) is 1.28. The second-order valence-electron chi connectivity index (χ2n) is 3.22. The zero-order chi connectivity index (χ0) is 12.8. The lowest BCUT2D eigenvalue weighted by Gasteiger charge is -2.01. The van der Waals surface area contributed by atoms with Gasteiger partial charge >= 0.3 is 5.97 Å². The van der Waals surface area contributed by atoms with Crippen molar-refractivity contribution >= 4 is 27.5 Å². The number of rotatable bonds is 3. The average Bonchev–Trinajstić information content (AvgIpc) is 2.73. The van der Waals surface area contributed by atoms with Crippen LogP contribution in [0.1, 0.15) is 18.9 Å². The number of carboxylic acids is 1. The molecule has 1 atom stereocenters. The van der Waals surface area contributed by atoms with Crippen molar-refractivity contribution < 1.29 is 9.90 Å². The van der Waals surface area contributed by atoms with E-state index in [1.807, 2.05) is 38.1 Å². The lowest BCUT2D eigenvalue weighted by atomic mass is 10.2. The number of aromatic nitrogens is 1. The van der Waals surface area contributed by atoms with Crippen molar-refractivity contribution in [2.45, 2.75) is 26.3 Å². The van der Waals surface area contributed by atoms with E-state index in [1.54, 1.807) is 0 Å². The van der Waals surface area contributed by atoms with Crippen LogP contribution in [0.5, 0.6) is 0 Å². The van der Waals surface area contributed by atoms with Gasteiger partial charge < -0.3 is 10.8 Å². The molecule has 0 bridgehead atoms. The second kappa shape index (κ2) is 6.32. The van der Waals surface area contributed by atoms with E-state index < -0.39 is 12.0 Å². The molecule has 0 unspecified atom stereocenters. The summed E-state index contributed by atoms with van der Waals surface area (Å²) >= 11 is 1.49. The Labute approximate surface area is 104 Å². The lowest BCUT2D eigenvalue weighted by molar-refractivity contribution is -0.138. The third-order valence-corrected chi connectivity index (χ3v) is 3.11. The third-order valence-electron chi connectivity index (χ3n) is 2.05. The summed E-state index contributed by atoms with van der Waals surface area (Å²) in [4.78, 5) is 14.9. The number of para-hydroxylation sites is 1. The van der Waals surface area contributed by atoms with Crippen LogP contribution in [0.3, 0.4) is 0 Å². The fourth-order valence-corrected chi connectivity index (χ4v) is 2.31. The Morgan fingerprint density at radius 3 is 2.71 bits per heavy atom. The number of hydrogen-bond acceptors (Lipinski definition) is 4. The molecule has 1 aromatic heterocycles. The second-order valence-corrected chi connectivity index (χ2v) is 4.34. The van der Waals surface area contributed by atoms with Gasteiger partial charge in [-0.1, -0.05) is 26.0 Å². The largest absolute Gasteiger partial charge is 0.480 e. The van der Waals surface area contributed by atoms with Crippen LogP contribution < -0.4 is 5.73 Å². The summed E-state index contributed by atoms with van der Waals surface area (Å²) in [7, 11) is 0. The van der Waals surface area contributed by atoms with Crippen molar-refractivity contribution in [2.24, 2.45) is 5.73 Å². The smallest absolute Gasteiger partial charge is 0.320 e. The molecule has 0 aliphatic heterocycles. The molecule has 1 aromatic carbocycles. The lowest BCUT2D eigenvalue weighted by Crippen LogP contribution is -2.32. The van der Waals surface area contributed by atoms with Gasteiger partial charge in [-0.2, -0.15) is 0 Å². The summed E-state index contributed by atoms with van der Waals surface area (Å²) in [5.41, 5.74) is 6.34. The number of nitrogens with zero attached hydrogens (tertiary/aromatic N) is 1. The predicted octanol–water partition coefficient (Wildman–Crippen LogP) is 2.28. The molecular formula is C12H16N2O2S. The van der Waals surface area contributed by atoms with Gasteiger partial charge in [-0.3, -0.25) is 4.79 Å². The number of hydrogen-bond donors (Lipinski definition) is 2. The Bertz CT molecular complexity index is 463. The molecule has 0 fully saturated rings. The number of carboxylic acid groups (broad SMARTS) is 1. The minimum Gasteiger partial charge on any atom is -0.480 e. The topological polar surface area (TPSA) is 76.2 Å². The van der Waals surface area contributed by atoms with Crippen LogP contribution in [0.15, 0.2) is 24.3 Å². The van der Waals surface area contributed by atoms with Crippen LogP contribution in [0, 0.1) is 0 Å². The summed E-state index contributed by atoms with van der Waals surface area (Å²) in [6.45, 7) is 4.00. The highest BCUT2D eigenvalue weighted by Gasteiger charge is 2.14. The average molecular weight is 252 g/mol. The quantitative estimate of drug-likeness (QED) is 0.878. The zero-order valence-electron chi connectivity index (χ0n) is 9.88. The van der Waals surface area contributed by atoms with Gasteiger partial charge in [0.25, 0.3) is 0 Å². The first-order valence-electron chi connectivity index (χ1n) is 5.49. The van der Waals surface area contributed by atoms with Gasteiger partial charge in [-0.25, -0.2) is 4.98 Å². The molecule has 2 rings (SSSR count). The number of thiazole rings is 1. The van der Waals surface area contributed by atoms with Crippen molar-refractivity contribution in [1.82, 2.24) is 4.98 Å². The molecule has 4 nitrogen and oxygen atoms in total. The summed E-state index contributed by atoms with van der Waals surface area (Å²) in [6.07, 6.45) is 0.286. The van der Waals surface area contributed by atoms with E-state index in [4.69, 9.17) is 10.8 Å². The van der Waals surface area contributed by atoms with Gasteiger partial charge in [0.1, 0.15) is 6.04 Å². The van der Waals surface area contributed by atoms with Gasteiger partial charge in [0.05, 0.1) is 15.2 Å². The first-order chi connectivity index (χ1) is 8.16. The van der Waals surface area contributed by atoms with Crippen LogP contribution in [-0.2, 0) is 11.2 Å². The van der Waals surface area contributed by atoms with Crippen LogP contribution >= 0.6 is 11.3 Å². The number of carbonyl (C=O) groups is 1. The summed E-state index contributed by atoms with van der Waals surface area (Å²) in [5.74, 6) is -0.991. The Kier molecular flexibility index (Phi) is 5.06. The van der Waals surface area contributed by atoms with E-state index >= 15 is 0 Å². The molecule has 0 saturated carbocycles. The Hall–Kier alpha value is -1.46. The molecule has 5 heteroatoms. The molecule has 0 saturated heterocycles. The highest BCUT2D eigenvalue weighted by molar-refractivity contribution is 7.18. The Morgan fingerprint density at radius 1 is 1.47 bits per heavy atom. The molecule has 1 heterocycles. The van der Waals surface area contributed by atoms with Gasteiger partial charge in [0.2, 0.25) is 0 Å². The van der Waals surface area contributed by atoms with Crippen LogP contribution in [0.25, 0.3) is 10.2 Å². The van der Waals surface area contributed by atoms with Gasteiger partial charge in [0.15, 0.2) is 0 Å². The van der Waals surface area contributed by atoms with Crippen molar-refractivity contribution in [3.63, 3.8) is 0 Å². The number of fused-ring (bicyclic) bond motifs is 1. The van der Waals surface area contributed by atoms with Crippen molar-refractivity contribution in [3.05, 3.63) is 29.3 Å². The molecule has 17 heavy (non-hydrogen) atoms. The monoisotopic (exact) mass is 252 g/mol. The van der Waals surface area contributed by atoms with Crippen molar-refractivity contribution in [3.8, 4) is 0 Å². The molecule has 3 N–H and O–H groups in total. The van der Waals surface area contributed by atoms with E-state index in [0.717, 1.165) is 15.2 Å². The molecule has 92 valence electrons. The molecule has 0 spiro atoms. The Balaban J connectivity index is 0.000000686. The molecule has 0 amide bonds. The first-order valence-corrected chi connectivity index (χ1v) is 6.31. The molecule has 0 aliphatic carbocycles. The third kappa shape index (κ3) is 3.51. The van der Waals surface area contributed by atoms with Crippen LogP contribution in [0.4, 0.5) is 0 Å². The summed E-state index contributed by atoms with van der Waals surface area (Å²) in [6, 6.07) is 6.83. The van der Waals surface area contributed by atoms with Crippen LogP contribution in [0.2, 0.25) is 0 Å². The maximum Gasteiger partial charge on any atom is 0.320 e. The van der Waals surface area contributed by atoms with Gasteiger partial charge in [-0.05, 0) is 12.1 Å². The minimum atomic E-state index is -0.991. The summed E-state index contributed by atoms with van der Waals surface area (Å²) < 4.78 is 1.06. The molecule has 2 aromatic rings. The fraction of sp³-hybridized carbons (Fsp3) is 0.333. The summed E-state index contributed by atoms with van der Waals surface area (Å²) in [5, 5.41) is 9.44. The van der Waals surface area contributed by atoms with Crippen molar-refractivity contribution in [1.29, 1.82) is 0 Å². The van der Waals surface area contributed by atoms with Gasteiger partial charge in [-0.15, -0.1) is 11.3 Å². The minimum absolute atomic E-state index is 0.286. The first kappa shape index (κ1) is 13.6. The highest BCUT2D eigenvalue weighted by atomic mass is 32.1. The number of benzene rings is 1. The maximum absolute atomic E-state index is 10.6. The molecule has 0 radical (unpaired) electrons. The number of nitrogens with two attached hydrogens (primary N) is 1. The van der Waals surface area contributed by atoms with E-state index in [9.17, 15) is 4.79 Å². The normalized spacial score (nSPS) is 11.7. The SMILES string of the molecule is CC.N[C@@H](Cc1nc2ccccc2s1)C(=O)O. The highest BCUT2D eigenvalue weighted by Crippen LogP contribution is 2.22. The number of aliphatic carboxylic acids is 1. The van der Waals surface area contributed by atoms with Crippen molar-refractivity contribution in [2.75, 3.05) is 0 Å². The maximum atomic E-state index is 10.6. The molecular weight excluding hydrogens is 236 g/mol. The van der Waals surface area contributed by atoms with Crippen LogP contribution in [-0.4, -0.2) is 22.1 Å². The van der Waals surface area contributed by atoms with E-state index in [0.29, 0.717) is 0 Å². The predicted molar refractivity (Wildman–Crippen MR) is 70.3 cm³/mol. The standard InChI is InChI=1S/C10H10N2O2S.C2H6/c11-6(10(13)14)5-9-12-7-3-1-2-4-8(7)15-9;1-2/h1-4,6H,5,11H2,(H,13,14);1-2H3/t6-;/m0./s1. The van der Waals surface area contributed by atoms with E-state index in [1.165, 1.54) is 11.3 Å². The van der Waals surface area contributed by atoms with E-state index in [-0.39, 0.29) is 6.42 Å². The van der Waals surface area contributed by atoms with Gasteiger partial charge in [0, 0.05) is 6.42 Å².